The van der Waals surface area contributed by atoms with Gasteiger partial charge in [0.1, 0.15) is 0 Å². The van der Waals surface area contributed by atoms with E-state index in [9.17, 15) is 0 Å². The van der Waals surface area contributed by atoms with E-state index in [1.54, 1.807) is 27.4 Å². The molecular formula is C42H42Cl2Zr-2. The summed E-state index contributed by atoms with van der Waals surface area (Å²) in [5.74, 6) is 0.522. The molecule has 1 unspecified atom stereocenters. The molecule has 0 N–H and O–H groups in total. The van der Waals surface area contributed by atoms with Crippen molar-refractivity contribution in [3.63, 3.8) is 0 Å². The number of halogens is 2. The van der Waals surface area contributed by atoms with E-state index in [0.717, 1.165) is 24.8 Å². The molecular weight excluding hydrogens is 667 g/mol. The summed E-state index contributed by atoms with van der Waals surface area (Å²) in [6, 6.07) is 35.5. The summed E-state index contributed by atoms with van der Waals surface area (Å²) in [5.41, 5.74) is 12.1. The molecule has 0 saturated carbocycles. The molecule has 0 bridgehead atoms. The van der Waals surface area contributed by atoms with Gasteiger partial charge in [0, 0.05) is 0 Å². The molecule has 0 saturated heterocycles. The molecule has 0 spiro atoms. The molecule has 0 radical (unpaired) electrons. The number of hydrogen-bond donors (Lipinski definition) is 0. The van der Waals surface area contributed by atoms with E-state index in [0.29, 0.717) is 11.3 Å². The zero-order valence-corrected chi connectivity index (χ0v) is 30.8. The van der Waals surface area contributed by atoms with Crippen molar-refractivity contribution in [1.82, 2.24) is 0 Å². The van der Waals surface area contributed by atoms with Crippen LogP contribution in [0.4, 0.5) is 0 Å². The van der Waals surface area contributed by atoms with Gasteiger partial charge in [0.2, 0.25) is 0 Å². The molecule has 1 atom stereocenters. The van der Waals surface area contributed by atoms with Gasteiger partial charge >= 0.3 is 112 Å². The molecule has 2 aliphatic carbocycles. The van der Waals surface area contributed by atoms with E-state index >= 15 is 0 Å². The van der Waals surface area contributed by atoms with Crippen LogP contribution >= 0.6 is 0 Å². The predicted molar refractivity (Wildman–Crippen MR) is 184 cm³/mol. The topological polar surface area (TPSA) is 0 Å². The summed E-state index contributed by atoms with van der Waals surface area (Å²) in [6.07, 6.45) is 14.6. The molecule has 0 aromatic heterocycles. The third kappa shape index (κ3) is 11.5. The zero-order valence-electron chi connectivity index (χ0n) is 26.8. The fraction of sp³-hybridized carbons (Fsp3) is 0.214. The van der Waals surface area contributed by atoms with E-state index in [1.807, 2.05) is 18.2 Å². The first-order chi connectivity index (χ1) is 20.7. The second-order valence-corrected chi connectivity index (χ2v) is 14.0. The van der Waals surface area contributed by atoms with Crippen molar-refractivity contribution in [2.24, 2.45) is 11.3 Å². The van der Waals surface area contributed by atoms with Crippen LogP contribution in [-0.2, 0) is 43.5 Å². The summed E-state index contributed by atoms with van der Waals surface area (Å²) in [7, 11) is 0. The van der Waals surface area contributed by atoms with Gasteiger partial charge in [-0.2, -0.15) is 35.4 Å². The zero-order chi connectivity index (χ0) is 30.8. The van der Waals surface area contributed by atoms with Gasteiger partial charge in [0.15, 0.2) is 0 Å². The Balaban J connectivity index is 0.000000238. The van der Waals surface area contributed by atoms with Gasteiger partial charge in [-0.1, -0.05) is 81.0 Å². The van der Waals surface area contributed by atoms with E-state index < -0.39 is 0 Å². The average molecular weight is 709 g/mol. The van der Waals surface area contributed by atoms with Gasteiger partial charge in [-0.3, -0.25) is 6.08 Å². The summed E-state index contributed by atoms with van der Waals surface area (Å²) in [5, 5.41) is 0. The Morgan fingerprint density at radius 2 is 1.38 bits per heavy atom. The van der Waals surface area contributed by atoms with Crippen LogP contribution in [0.15, 0.2) is 122 Å². The number of hydrogen-bond acceptors (Lipinski definition) is 0. The van der Waals surface area contributed by atoms with E-state index in [2.05, 4.69) is 150 Å². The Kier molecular flexibility index (Phi) is 15.6. The Morgan fingerprint density at radius 3 is 1.84 bits per heavy atom. The molecule has 4 aromatic carbocycles. The van der Waals surface area contributed by atoms with Crippen LogP contribution < -0.4 is 24.8 Å². The Labute approximate surface area is 299 Å². The summed E-state index contributed by atoms with van der Waals surface area (Å²) in [6.45, 7) is 16.5. The maximum absolute atomic E-state index is 3.82. The van der Waals surface area contributed by atoms with Crippen LogP contribution in [0, 0.1) is 23.5 Å². The molecule has 4 aromatic rings. The molecule has 0 aliphatic heterocycles. The third-order valence-electron chi connectivity index (χ3n) is 7.63. The fourth-order valence-corrected chi connectivity index (χ4v) is 6.17. The summed E-state index contributed by atoms with van der Waals surface area (Å²) in [4.78, 5) is 0. The van der Waals surface area contributed by atoms with Crippen molar-refractivity contribution in [3.8, 4) is 11.1 Å². The van der Waals surface area contributed by atoms with Crippen molar-refractivity contribution in [3.05, 3.63) is 167 Å². The molecule has 45 heavy (non-hydrogen) atoms. The predicted octanol–water partition coefficient (Wildman–Crippen LogP) is 4.51. The molecule has 6 rings (SSSR count). The molecule has 0 nitrogen and oxygen atoms in total. The second-order valence-electron chi connectivity index (χ2n) is 12.2. The minimum atomic E-state index is 0. The fourth-order valence-electron chi connectivity index (χ4n) is 5.16. The van der Waals surface area contributed by atoms with Crippen LogP contribution in [0.1, 0.15) is 61.1 Å². The van der Waals surface area contributed by atoms with Crippen LogP contribution in [0.25, 0.3) is 23.3 Å². The van der Waals surface area contributed by atoms with Crippen LogP contribution in [0.5, 0.6) is 0 Å². The van der Waals surface area contributed by atoms with Crippen LogP contribution in [0.2, 0.25) is 0 Å². The molecule has 0 heterocycles. The van der Waals surface area contributed by atoms with E-state index in [-0.39, 0.29) is 24.8 Å². The monoisotopic (exact) mass is 706 g/mol. The van der Waals surface area contributed by atoms with Crippen LogP contribution in [0.3, 0.4) is 0 Å². The van der Waals surface area contributed by atoms with Crippen molar-refractivity contribution >= 4 is 15.4 Å². The van der Waals surface area contributed by atoms with Gasteiger partial charge in [-0.05, 0) is 12.0 Å². The number of rotatable bonds is 6. The summed E-state index contributed by atoms with van der Waals surface area (Å²) < 4.78 is 1.60. The molecule has 3 heteroatoms. The van der Waals surface area contributed by atoms with Gasteiger partial charge in [0.05, 0.1) is 0 Å². The maximum atomic E-state index is 3.82. The Bertz CT molecular complexity index is 1520. The first-order valence-corrected chi connectivity index (χ1v) is 16.3. The van der Waals surface area contributed by atoms with Gasteiger partial charge in [-0.15, -0.1) is 23.8 Å². The number of benzene rings is 4. The van der Waals surface area contributed by atoms with Gasteiger partial charge in [0.25, 0.3) is 0 Å². The SMILES string of the molecule is C=Cc1c[c-]c2c(c1)-c1cc(C=C)ccc1C2.CC1[C-]=CC(C(C)(C)C)=C1.[Cl-].[Cl-].[Zr+2]=[C](Cc1ccccc1)Cc1ccccc1. The van der Waals surface area contributed by atoms with Crippen molar-refractivity contribution in [2.45, 2.75) is 47.0 Å². The standard InChI is InChI=1S/C17H13.C15H14.C10H15.2ClH.Zr/c1-3-12-5-7-14-11-15-8-6-13(4-2)10-17(15)16(14)9-12;1-3-8-14(9-4-1)12-7-13-15-10-5-2-6-11-15;1-8-5-6-9(7-8)10(2,3)4;;;/h3-7,9-10H,1-2,11H2;1-6,8-11H,12-13H2;6-8H,1-4H3;2*1H;/q-1;;-1;;;+2/p-2. The van der Waals surface area contributed by atoms with Gasteiger partial charge < -0.3 is 24.8 Å². The minimum absolute atomic E-state index is 0. The Hall–Kier alpha value is -2.83. The van der Waals surface area contributed by atoms with E-state index in [4.69, 9.17) is 0 Å². The van der Waals surface area contributed by atoms with Crippen molar-refractivity contribution < 1.29 is 49.0 Å². The first-order valence-electron chi connectivity index (χ1n) is 15.0. The van der Waals surface area contributed by atoms with Gasteiger partial charge in [-0.25, -0.2) is 6.08 Å². The summed E-state index contributed by atoms with van der Waals surface area (Å²) >= 11 is 1.55. The molecule has 230 valence electrons. The average Bonchev–Trinajstić information content (AvgIpc) is 3.61. The Morgan fingerprint density at radius 1 is 0.822 bits per heavy atom. The van der Waals surface area contributed by atoms with Crippen LogP contribution in [-0.4, -0.2) is 3.21 Å². The van der Waals surface area contributed by atoms with E-state index in [1.165, 1.54) is 44.5 Å². The third-order valence-corrected chi connectivity index (χ3v) is 8.50. The second kappa shape index (κ2) is 18.4. The first kappa shape index (κ1) is 38.4. The number of allylic oxidation sites excluding steroid dienone is 4. The number of fused-ring (bicyclic) bond motifs is 3. The van der Waals surface area contributed by atoms with Crippen molar-refractivity contribution in [1.29, 1.82) is 0 Å². The molecule has 2 aliphatic rings. The normalized spacial score (nSPS) is 13.6. The quantitative estimate of drug-likeness (QED) is 0.228. The molecule has 0 fully saturated rings. The molecule has 0 amide bonds. The van der Waals surface area contributed by atoms with Crippen molar-refractivity contribution in [2.75, 3.05) is 0 Å².